The Morgan fingerprint density at radius 1 is 1.39 bits per heavy atom. The van der Waals surface area contributed by atoms with Crippen molar-refractivity contribution in [2.45, 2.75) is 45.4 Å². The van der Waals surface area contributed by atoms with Gasteiger partial charge in [-0.1, -0.05) is 12.8 Å². The fourth-order valence-corrected chi connectivity index (χ4v) is 2.58. The highest BCUT2D eigenvalue weighted by molar-refractivity contribution is 5.85. The first kappa shape index (κ1) is 17.7. The van der Waals surface area contributed by atoms with Gasteiger partial charge in [0.1, 0.15) is 0 Å². The van der Waals surface area contributed by atoms with Crippen LogP contribution < -0.4 is 11.1 Å². The minimum absolute atomic E-state index is 0. The molecule has 0 atom stereocenters. The van der Waals surface area contributed by atoms with E-state index in [-0.39, 0.29) is 23.7 Å². The summed E-state index contributed by atoms with van der Waals surface area (Å²) in [5.74, 6) is 0.0789. The molecule has 1 aliphatic rings. The first-order valence-electron chi connectivity index (χ1n) is 6.77. The molecule has 0 spiro atoms. The lowest BCUT2D eigenvalue weighted by Gasteiger charge is -2.29. The van der Waals surface area contributed by atoms with Crippen LogP contribution in [0.15, 0.2) is 0 Å². The molecule has 0 aromatic rings. The fraction of sp³-hybridized carbons (Fsp3) is 0.923. The Labute approximate surface area is 116 Å². The number of halogens is 1. The van der Waals surface area contributed by atoms with Gasteiger partial charge in [0.15, 0.2) is 0 Å². The summed E-state index contributed by atoms with van der Waals surface area (Å²) in [6.07, 6.45) is 6.47. The second kappa shape index (κ2) is 9.59. The SMILES string of the molecule is CCOCCC1(CNC(=O)CCN)CCCC1.Cl. The van der Waals surface area contributed by atoms with Crippen LogP contribution >= 0.6 is 12.4 Å². The van der Waals surface area contributed by atoms with Gasteiger partial charge in [0.2, 0.25) is 5.91 Å². The van der Waals surface area contributed by atoms with Crippen molar-refractivity contribution in [3.05, 3.63) is 0 Å². The number of hydrogen-bond donors (Lipinski definition) is 2. The number of carbonyl (C=O) groups is 1. The molecule has 0 radical (unpaired) electrons. The molecule has 0 heterocycles. The Morgan fingerprint density at radius 3 is 2.61 bits per heavy atom. The molecule has 5 heteroatoms. The highest BCUT2D eigenvalue weighted by Gasteiger charge is 2.33. The van der Waals surface area contributed by atoms with E-state index in [2.05, 4.69) is 5.32 Å². The average Bonchev–Trinajstić information content (AvgIpc) is 2.77. The monoisotopic (exact) mass is 278 g/mol. The third-order valence-corrected chi connectivity index (χ3v) is 3.68. The van der Waals surface area contributed by atoms with E-state index in [1.54, 1.807) is 0 Å². The van der Waals surface area contributed by atoms with Crippen molar-refractivity contribution in [1.29, 1.82) is 0 Å². The van der Waals surface area contributed by atoms with Crippen LogP contribution in [-0.4, -0.2) is 32.2 Å². The van der Waals surface area contributed by atoms with Crippen LogP contribution in [0.4, 0.5) is 0 Å². The molecule has 1 fully saturated rings. The topological polar surface area (TPSA) is 64.3 Å². The van der Waals surface area contributed by atoms with Crippen LogP contribution in [-0.2, 0) is 9.53 Å². The molecule has 0 bridgehead atoms. The molecule has 0 aliphatic heterocycles. The van der Waals surface area contributed by atoms with E-state index in [0.717, 1.165) is 26.2 Å². The lowest BCUT2D eigenvalue weighted by molar-refractivity contribution is -0.121. The normalized spacial score (nSPS) is 17.2. The van der Waals surface area contributed by atoms with E-state index in [0.29, 0.717) is 13.0 Å². The molecule has 108 valence electrons. The third kappa shape index (κ3) is 6.03. The van der Waals surface area contributed by atoms with Crippen molar-refractivity contribution in [3.8, 4) is 0 Å². The van der Waals surface area contributed by atoms with Crippen molar-refractivity contribution in [2.75, 3.05) is 26.3 Å². The number of rotatable bonds is 8. The molecule has 1 amide bonds. The van der Waals surface area contributed by atoms with E-state index in [1.807, 2.05) is 6.92 Å². The zero-order valence-corrected chi connectivity index (χ0v) is 12.2. The van der Waals surface area contributed by atoms with Crippen LogP contribution in [0.25, 0.3) is 0 Å². The molecule has 4 nitrogen and oxygen atoms in total. The van der Waals surface area contributed by atoms with Crippen molar-refractivity contribution < 1.29 is 9.53 Å². The quantitative estimate of drug-likeness (QED) is 0.666. The highest BCUT2D eigenvalue weighted by Crippen LogP contribution is 2.40. The molecule has 1 rings (SSSR count). The van der Waals surface area contributed by atoms with Crippen molar-refractivity contribution in [3.63, 3.8) is 0 Å². The second-order valence-corrected chi connectivity index (χ2v) is 4.97. The molecule has 1 aliphatic carbocycles. The number of amides is 1. The van der Waals surface area contributed by atoms with Crippen LogP contribution in [0.3, 0.4) is 0 Å². The third-order valence-electron chi connectivity index (χ3n) is 3.68. The minimum Gasteiger partial charge on any atom is -0.382 e. The van der Waals surface area contributed by atoms with Crippen LogP contribution in [0, 0.1) is 5.41 Å². The first-order chi connectivity index (χ1) is 8.22. The van der Waals surface area contributed by atoms with E-state index in [9.17, 15) is 4.79 Å². The summed E-state index contributed by atoms with van der Waals surface area (Å²) in [7, 11) is 0. The first-order valence-corrected chi connectivity index (χ1v) is 6.77. The number of hydrogen-bond acceptors (Lipinski definition) is 3. The fourth-order valence-electron chi connectivity index (χ4n) is 2.58. The predicted molar refractivity (Wildman–Crippen MR) is 75.9 cm³/mol. The standard InChI is InChI=1S/C13H26N2O2.ClH/c1-2-17-10-8-13(6-3-4-7-13)11-15-12(16)5-9-14;/h2-11,14H2,1H3,(H,15,16);1H. The van der Waals surface area contributed by atoms with Gasteiger partial charge < -0.3 is 15.8 Å². The van der Waals surface area contributed by atoms with Crippen molar-refractivity contribution in [1.82, 2.24) is 5.32 Å². The van der Waals surface area contributed by atoms with E-state index in [4.69, 9.17) is 10.5 Å². The molecule has 0 saturated heterocycles. The van der Waals surface area contributed by atoms with Crippen LogP contribution in [0.2, 0.25) is 0 Å². The Balaban J connectivity index is 0.00000289. The predicted octanol–water partition coefficient (Wildman–Crippen LogP) is 1.86. The highest BCUT2D eigenvalue weighted by atomic mass is 35.5. The van der Waals surface area contributed by atoms with Crippen molar-refractivity contribution in [2.24, 2.45) is 11.1 Å². The molecular weight excluding hydrogens is 252 g/mol. The van der Waals surface area contributed by atoms with Crippen LogP contribution in [0.1, 0.15) is 45.4 Å². The molecule has 18 heavy (non-hydrogen) atoms. The maximum atomic E-state index is 11.4. The van der Waals surface area contributed by atoms with Gasteiger partial charge in [-0.05, 0) is 31.6 Å². The number of nitrogens with two attached hydrogens (primary N) is 1. The Hall–Kier alpha value is -0.320. The number of carbonyl (C=O) groups excluding carboxylic acids is 1. The number of ether oxygens (including phenoxy) is 1. The van der Waals surface area contributed by atoms with E-state index < -0.39 is 0 Å². The molecule has 0 aromatic carbocycles. The zero-order valence-electron chi connectivity index (χ0n) is 11.4. The summed E-state index contributed by atoms with van der Waals surface area (Å²) in [5, 5.41) is 3.02. The van der Waals surface area contributed by atoms with Gasteiger partial charge in [-0.3, -0.25) is 4.79 Å². The summed E-state index contributed by atoms with van der Waals surface area (Å²) in [5.41, 5.74) is 5.64. The molecule has 0 unspecified atom stereocenters. The van der Waals surface area contributed by atoms with Gasteiger partial charge in [0, 0.05) is 32.7 Å². The van der Waals surface area contributed by atoms with Gasteiger partial charge in [0.25, 0.3) is 0 Å². The second-order valence-electron chi connectivity index (χ2n) is 4.97. The van der Waals surface area contributed by atoms with Gasteiger partial charge in [-0.25, -0.2) is 0 Å². The minimum atomic E-state index is 0. The maximum absolute atomic E-state index is 11.4. The Bertz CT molecular complexity index is 231. The molecule has 0 aromatic heterocycles. The maximum Gasteiger partial charge on any atom is 0.221 e. The van der Waals surface area contributed by atoms with Gasteiger partial charge >= 0.3 is 0 Å². The van der Waals surface area contributed by atoms with E-state index in [1.165, 1.54) is 25.7 Å². The van der Waals surface area contributed by atoms with Crippen molar-refractivity contribution >= 4 is 18.3 Å². The summed E-state index contributed by atoms with van der Waals surface area (Å²) in [6.45, 7) is 4.82. The van der Waals surface area contributed by atoms with Gasteiger partial charge in [0.05, 0.1) is 0 Å². The summed E-state index contributed by atoms with van der Waals surface area (Å²) in [6, 6.07) is 0. The summed E-state index contributed by atoms with van der Waals surface area (Å²) >= 11 is 0. The molecule has 3 N–H and O–H groups in total. The summed E-state index contributed by atoms with van der Waals surface area (Å²) < 4.78 is 5.44. The molecular formula is C13H27ClN2O2. The largest absolute Gasteiger partial charge is 0.382 e. The Kier molecular flexibility index (Phi) is 9.42. The molecule has 1 saturated carbocycles. The number of nitrogens with one attached hydrogen (secondary N) is 1. The Morgan fingerprint density at radius 2 is 2.06 bits per heavy atom. The van der Waals surface area contributed by atoms with Gasteiger partial charge in [-0.2, -0.15) is 0 Å². The lowest BCUT2D eigenvalue weighted by atomic mass is 9.83. The average molecular weight is 279 g/mol. The lowest BCUT2D eigenvalue weighted by Crippen LogP contribution is -2.37. The smallest absolute Gasteiger partial charge is 0.221 e. The van der Waals surface area contributed by atoms with Gasteiger partial charge in [-0.15, -0.1) is 12.4 Å². The zero-order chi connectivity index (χ0) is 12.6. The van der Waals surface area contributed by atoms with Crippen LogP contribution in [0.5, 0.6) is 0 Å². The summed E-state index contributed by atoms with van der Waals surface area (Å²) in [4.78, 5) is 11.4. The van der Waals surface area contributed by atoms with E-state index >= 15 is 0 Å².